The number of nitriles is 1. The van der Waals surface area contributed by atoms with Crippen molar-refractivity contribution in [1.82, 2.24) is 15.3 Å². The van der Waals surface area contributed by atoms with Gasteiger partial charge in [-0.2, -0.15) is 5.26 Å². The minimum Gasteiger partial charge on any atom is -0.353 e. The molecule has 1 fully saturated rings. The van der Waals surface area contributed by atoms with Crippen molar-refractivity contribution in [2.45, 2.75) is 10.9 Å². The van der Waals surface area contributed by atoms with Gasteiger partial charge in [-0.05, 0) is 29.8 Å². The molecule has 0 amide bonds. The lowest BCUT2D eigenvalue weighted by atomic mass is 10.1. The van der Waals surface area contributed by atoms with E-state index >= 15 is 0 Å². The fraction of sp³-hybridized carbons (Fsp3) is 0.227. The average molecular weight is 406 g/mol. The summed E-state index contributed by atoms with van der Waals surface area (Å²) < 4.78 is 13.4. The Hall–Kier alpha value is -2.95. The van der Waals surface area contributed by atoms with Gasteiger partial charge in [-0.15, -0.1) is 0 Å². The number of benzene rings is 2. The first-order valence-electron chi connectivity index (χ1n) is 9.45. The molecule has 0 bridgehead atoms. The lowest BCUT2D eigenvalue weighted by Gasteiger charge is -2.29. The van der Waals surface area contributed by atoms with Crippen molar-refractivity contribution in [2.75, 3.05) is 31.1 Å². The van der Waals surface area contributed by atoms with Crippen LogP contribution >= 0.6 is 11.8 Å². The van der Waals surface area contributed by atoms with E-state index in [0.29, 0.717) is 27.8 Å². The van der Waals surface area contributed by atoms with Crippen molar-refractivity contribution in [1.29, 1.82) is 5.26 Å². The first kappa shape index (κ1) is 19.4. The molecule has 146 valence electrons. The summed E-state index contributed by atoms with van der Waals surface area (Å²) in [4.78, 5) is 11.5. The molecule has 5 nitrogen and oxygen atoms in total. The zero-order valence-corrected chi connectivity index (χ0v) is 16.6. The van der Waals surface area contributed by atoms with Gasteiger partial charge in [0.25, 0.3) is 0 Å². The molecule has 1 aromatic heterocycles. The fourth-order valence-electron chi connectivity index (χ4n) is 3.24. The molecule has 0 aliphatic carbocycles. The number of nitrogens with one attached hydrogen (secondary N) is 1. The van der Waals surface area contributed by atoms with Gasteiger partial charge in [0, 0.05) is 37.5 Å². The molecular weight excluding hydrogens is 385 g/mol. The smallest absolute Gasteiger partial charge is 0.190 e. The van der Waals surface area contributed by atoms with Crippen molar-refractivity contribution in [3.05, 3.63) is 71.5 Å². The van der Waals surface area contributed by atoms with E-state index in [1.54, 1.807) is 12.1 Å². The Bertz CT molecular complexity index is 1010. The molecule has 4 rings (SSSR count). The maximum Gasteiger partial charge on any atom is 0.190 e. The zero-order valence-electron chi connectivity index (χ0n) is 15.8. The third-order valence-corrected chi connectivity index (χ3v) is 5.64. The van der Waals surface area contributed by atoms with Crippen LogP contribution in [0.1, 0.15) is 11.1 Å². The monoisotopic (exact) mass is 405 g/mol. The molecule has 3 aromatic rings. The van der Waals surface area contributed by atoms with Crippen LogP contribution in [0.3, 0.4) is 0 Å². The van der Waals surface area contributed by atoms with Crippen LogP contribution in [0.4, 0.5) is 10.2 Å². The van der Waals surface area contributed by atoms with E-state index in [4.69, 9.17) is 4.98 Å². The van der Waals surface area contributed by atoms with E-state index in [1.807, 2.05) is 18.2 Å². The number of nitrogens with zero attached hydrogens (tertiary/aromatic N) is 4. The third-order valence-electron chi connectivity index (χ3n) is 4.73. The van der Waals surface area contributed by atoms with E-state index < -0.39 is 0 Å². The Morgan fingerprint density at radius 1 is 1.03 bits per heavy atom. The van der Waals surface area contributed by atoms with Gasteiger partial charge in [0.2, 0.25) is 0 Å². The number of hydrogen-bond acceptors (Lipinski definition) is 6. The molecule has 1 aliphatic heterocycles. The topological polar surface area (TPSA) is 64.8 Å². The first-order valence-corrected chi connectivity index (χ1v) is 10.4. The summed E-state index contributed by atoms with van der Waals surface area (Å²) in [5.41, 5.74) is 2.87. The summed E-state index contributed by atoms with van der Waals surface area (Å²) in [6.07, 6.45) is 0. The van der Waals surface area contributed by atoms with Gasteiger partial charge in [-0.1, -0.05) is 42.1 Å². The Morgan fingerprint density at radius 3 is 2.45 bits per heavy atom. The standard InChI is InChI=1S/C22H20FN5S/c23-18-8-6-17(7-9-18)20-19(14-24)21(28-12-10-25-11-13-28)27-22(26-20)29-15-16-4-2-1-3-5-16/h1-9,25H,10-13,15H2. The van der Waals surface area contributed by atoms with Crippen LogP contribution in [0.25, 0.3) is 11.3 Å². The molecule has 0 saturated carbocycles. The molecule has 0 atom stereocenters. The number of rotatable bonds is 5. The quantitative estimate of drug-likeness (QED) is 0.514. The van der Waals surface area contributed by atoms with Crippen molar-refractivity contribution in [3.8, 4) is 17.3 Å². The Morgan fingerprint density at radius 2 is 1.76 bits per heavy atom. The number of halogens is 1. The van der Waals surface area contributed by atoms with Crippen LogP contribution in [0.15, 0.2) is 59.8 Å². The van der Waals surface area contributed by atoms with Gasteiger partial charge >= 0.3 is 0 Å². The lowest BCUT2D eigenvalue weighted by Crippen LogP contribution is -2.44. The van der Waals surface area contributed by atoms with Gasteiger partial charge in [0.1, 0.15) is 17.4 Å². The number of aromatic nitrogens is 2. The molecule has 0 spiro atoms. The average Bonchev–Trinajstić information content (AvgIpc) is 2.79. The summed E-state index contributed by atoms with van der Waals surface area (Å²) in [6.45, 7) is 3.23. The zero-order chi connectivity index (χ0) is 20.1. The minimum absolute atomic E-state index is 0.317. The second-order valence-corrected chi connectivity index (χ2v) is 7.63. The Labute approximate surface area is 173 Å². The van der Waals surface area contributed by atoms with Crippen LogP contribution in [0, 0.1) is 17.1 Å². The summed E-state index contributed by atoms with van der Waals surface area (Å²) in [7, 11) is 0. The van der Waals surface area contributed by atoms with E-state index in [1.165, 1.54) is 29.5 Å². The predicted octanol–water partition coefficient (Wildman–Crippen LogP) is 3.86. The van der Waals surface area contributed by atoms with Crippen LogP contribution < -0.4 is 10.2 Å². The first-order chi connectivity index (χ1) is 14.2. The Kier molecular flexibility index (Phi) is 6.03. The van der Waals surface area contributed by atoms with Crippen LogP contribution in [-0.4, -0.2) is 36.1 Å². The molecule has 7 heteroatoms. The minimum atomic E-state index is -0.317. The van der Waals surface area contributed by atoms with Crippen molar-refractivity contribution in [2.24, 2.45) is 0 Å². The van der Waals surface area contributed by atoms with Crippen LogP contribution in [0.2, 0.25) is 0 Å². The van der Waals surface area contributed by atoms with Crippen molar-refractivity contribution >= 4 is 17.6 Å². The summed E-state index contributed by atoms with van der Waals surface area (Å²) in [5, 5.41) is 13.8. The van der Waals surface area contributed by atoms with Crippen LogP contribution in [-0.2, 0) is 5.75 Å². The van der Waals surface area contributed by atoms with Gasteiger partial charge < -0.3 is 10.2 Å². The van der Waals surface area contributed by atoms with Crippen molar-refractivity contribution in [3.63, 3.8) is 0 Å². The second-order valence-electron chi connectivity index (χ2n) is 6.68. The molecular formula is C22H20FN5S. The lowest BCUT2D eigenvalue weighted by molar-refractivity contribution is 0.582. The molecule has 1 N–H and O–H groups in total. The normalized spacial score (nSPS) is 13.9. The molecule has 1 aliphatic rings. The highest BCUT2D eigenvalue weighted by molar-refractivity contribution is 7.98. The number of anilines is 1. The predicted molar refractivity (Wildman–Crippen MR) is 113 cm³/mol. The summed E-state index contributed by atoms with van der Waals surface area (Å²) in [6, 6.07) is 18.5. The van der Waals surface area contributed by atoms with Crippen LogP contribution in [0.5, 0.6) is 0 Å². The number of hydrogen-bond donors (Lipinski definition) is 1. The van der Waals surface area contributed by atoms with E-state index in [0.717, 1.165) is 31.9 Å². The summed E-state index contributed by atoms with van der Waals surface area (Å²) in [5.74, 6) is 1.07. The van der Waals surface area contributed by atoms with Gasteiger partial charge in [-0.3, -0.25) is 0 Å². The third kappa shape index (κ3) is 4.56. The second kappa shape index (κ2) is 9.03. The number of piperazine rings is 1. The molecule has 0 radical (unpaired) electrons. The van der Waals surface area contributed by atoms with E-state index in [-0.39, 0.29) is 5.82 Å². The molecule has 29 heavy (non-hydrogen) atoms. The number of thioether (sulfide) groups is 1. The largest absolute Gasteiger partial charge is 0.353 e. The molecule has 2 heterocycles. The van der Waals surface area contributed by atoms with E-state index in [9.17, 15) is 9.65 Å². The van der Waals surface area contributed by atoms with Gasteiger partial charge in [0.05, 0.1) is 5.69 Å². The van der Waals surface area contributed by atoms with E-state index in [2.05, 4.69) is 33.4 Å². The highest BCUT2D eigenvalue weighted by Crippen LogP contribution is 2.32. The summed E-state index contributed by atoms with van der Waals surface area (Å²) >= 11 is 1.53. The maximum atomic E-state index is 13.4. The van der Waals surface area contributed by atoms with Gasteiger partial charge in [-0.25, -0.2) is 14.4 Å². The molecule has 0 unspecified atom stereocenters. The highest BCUT2D eigenvalue weighted by atomic mass is 32.2. The maximum absolute atomic E-state index is 13.4. The van der Waals surface area contributed by atoms with Crippen molar-refractivity contribution < 1.29 is 4.39 Å². The Balaban J connectivity index is 1.75. The fourth-order valence-corrected chi connectivity index (χ4v) is 4.04. The highest BCUT2D eigenvalue weighted by Gasteiger charge is 2.22. The van der Waals surface area contributed by atoms with Gasteiger partial charge in [0.15, 0.2) is 11.0 Å². The molecule has 2 aromatic carbocycles. The SMILES string of the molecule is N#Cc1c(-c2ccc(F)cc2)nc(SCc2ccccc2)nc1N1CCNCC1. The molecule has 1 saturated heterocycles.